The quantitative estimate of drug-likeness (QED) is 0.497. The van der Waals surface area contributed by atoms with Crippen LogP contribution in [0.3, 0.4) is 0 Å². The van der Waals surface area contributed by atoms with Gasteiger partial charge in [-0.25, -0.2) is 0 Å². The maximum Gasteiger partial charge on any atom is 0.128 e. The molecule has 0 saturated carbocycles. The molecule has 2 radical (unpaired) electrons. The number of ether oxygens (including phenoxy) is 1. The third-order valence-electron chi connectivity index (χ3n) is 2.44. The number of rotatable bonds is 0. The summed E-state index contributed by atoms with van der Waals surface area (Å²) in [5.41, 5.74) is 5.49. The SMILES string of the molecule is [B][C@@H]1O[C@@]2(N)CSC1C2C. The first kappa shape index (κ1) is 7.01. The van der Waals surface area contributed by atoms with E-state index in [9.17, 15) is 0 Å². The second-order valence-corrected chi connectivity index (χ2v) is 4.27. The van der Waals surface area contributed by atoms with E-state index in [1.807, 2.05) is 11.8 Å². The number of hydrogen-bond acceptors (Lipinski definition) is 3. The third kappa shape index (κ3) is 0.699. The van der Waals surface area contributed by atoms with Crippen molar-refractivity contribution < 1.29 is 4.74 Å². The molecule has 2 heterocycles. The van der Waals surface area contributed by atoms with Gasteiger partial charge in [0.05, 0.1) is 0 Å². The molecule has 2 bridgehead atoms. The van der Waals surface area contributed by atoms with Gasteiger partial charge < -0.3 is 10.5 Å². The number of hydrogen-bond donors (Lipinski definition) is 1. The van der Waals surface area contributed by atoms with Gasteiger partial charge in [-0.15, -0.1) is 0 Å². The summed E-state index contributed by atoms with van der Waals surface area (Å²) >= 11 is 1.83. The van der Waals surface area contributed by atoms with Crippen molar-refractivity contribution in [1.29, 1.82) is 0 Å². The Kier molecular flexibility index (Phi) is 1.35. The smallest absolute Gasteiger partial charge is 0.128 e. The van der Waals surface area contributed by atoms with Crippen LogP contribution in [0, 0.1) is 5.92 Å². The second-order valence-electron chi connectivity index (χ2n) is 3.10. The summed E-state index contributed by atoms with van der Waals surface area (Å²) in [6, 6.07) is -0.140. The Labute approximate surface area is 66.3 Å². The van der Waals surface area contributed by atoms with Crippen molar-refractivity contribution in [2.45, 2.75) is 23.9 Å². The monoisotopic (exact) mass is 155 g/mol. The van der Waals surface area contributed by atoms with E-state index < -0.39 is 5.72 Å². The van der Waals surface area contributed by atoms with Gasteiger partial charge in [0.2, 0.25) is 0 Å². The molecule has 2 unspecified atom stereocenters. The van der Waals surface area contributed by atoms with Gasteiger partial charge >= 0.3 is 0 Å². The van der Waals surface area contributed by atoms with Gasteiger partial charge in [0.1, 0.15) is 13.6 Å². The first-order valence-electron chi connectivity index (χ1n) is 3.47. The van der Waals surface area contributed by atoms with E-state index in [2.05, 4.69) is 6.92 Å². The van der Waals surface area contributed by atoms with Crippen molar-refractivity contribution in [1.82, 2.24) is 0 Å². The summed E-state index contributed by atoms with van der Waals surface area (Å²) in [5.74, 6) is 1.31. The summed E-state index contributed by atoms with van der Waals surface area (Å²) in [4.78, 5) is 0. The lowest BCUT2D eigenvalue weighted by molar-refractivity contribution is -0.00740. The van der Waals surface area contributed by atoms with E-state index >= 15 is 0 Å². The van der Waals surface area contributed by atoms with Crippen molar-refractivity contribution in [3.05, 3.63) is 0 Å². The number of thioether (sulfide) groups is 1. The molecule has 2 N–H and O–H groups in total. The van der Waals surface area contributed by atoms with Crippen LogP contribution in [-0.4, -0.2) is 30.6 Å². The van der Waals surface area contributed by atoms with Crippen LogP contribution in [0.15, 0.2) is 0 Å². The molecule has 2 aliphatic heterocycles. The maximum absolute atomic E-state index is 5.91. The molecule has 2 fully saturated rings. The first-order chi connectivity index (χ1) is 4.63. The fourth-order valence-corrected chi connectivity index (χ4v) is 3.17. The highest BCUT2D eigenvalue weighted by atomic mass is 32.2. The van der Waals surface area contributed by atoms with Crippen LogP contribution in [0.1, 0.15) is 6.92 Å². The maximum atomic E-state index is 5.91. The molecule has 0 spiro atoms. The van der Waals surface area contributed by atoms with Crippen LogP contribution in [0.4, 0.5) is 0 Å². The fraction of sp³-hybridized carbons (Fsp3) is 1.00. The van der Waals surface area contributed by atoms with E-state index in [4.69, 9.17) is 18.3 Å². The Morgan fingerprint density at radius 3 is 2.70 bits per heavy atom. The summed E-state index contributed by atoms with van der Waals surface area (Å²) < 4.78 is 5.39. The van der Waals surface area contributed by atoms with Gasteiger partial charge in [0.25, 0.3) is 0 Å². The number of fused-ring (bicyclic) bond motifs is 2. The Balaban J connectivity index is 2.26. The molecular weight excluding hydrogens is 145 g/mol. The highest BCUT2D eigenvalue weighted by Gasteiger charge is 2.54. The Morgan fingerprint density at radius 1 is 1.80 bits per heavy atom. The predicted molar refractivity (Wildman–Crippen MR) is 43.0 cm³/mol. The van der Waals surface area contributed by atoms with E-state index in [-0.39, 0.29) is 6.00 Å². The standard InChI is InChI=1S/C6H10BNOS/c1-3-4-5(7)9-6(3,8)2-10-4/h3-5H,2,8H2,1H3/t3?,4?,5-,6+/m1/s1. The lowest BCUT2D eigenvalue weighted by atomic mass is 9.90. The van der Waals surface area contributed by atoms with Crippen LogP contribution in [0.25, 0.3) is 0 Å². The van der Waals surface area contributed by atoms with Gasteiger partial charge in [-0.1, -0.05) is 6.92 Å². The fourth-order valence-electron chi connectivity index (χ4n) is 1.62. The van der Waals surface area contributed by atoms with Crippen molar-refractivity contribution in [2.24, 2.45) is 11.7 Å². The van der Waals surface area contributed by atoms with Crippen molar-refractivity contribution in [2.75, 3.05) is 5.75 Å². The molecule has 0 aromatic heterocycles. The molecule has 0 aromatic rings. The zero-order chi connectivity index (χ0) is 7.35. The Bertz CT molecular complexity index is 168. The average Bonchev–Trinajstić information content (AvgIpc) is 2.20. The van der Waals surface area contributed by atoms with Crippen LogP contribution < -0.4 is 5.73 Å². The zero-order valence-electron chi connectivity index (χ0n) is 5.91. The lowest BCUT2D eigenvalue weighted by Crippen LogP contribution is -2.45. The first-order valence-corrected chi connectivity index (χ1v) is 4.52. The lowest BCUT2D eigenvalue weighted by Gasteiger charge is -2.25. The van der Waals surface area contributed by atoms with Crippen LogP contribution in [0.5, 0.6) is 0 Å². The van der Waals surface area contributed by atoms with E-state index in [1.165, 1.54) is 0 Å². The van der Waals surface area contributed by atoms with E-state index in [1.54, 1.807) is 0 Å². The van der Waals surface area contributed by atoms with E-state index in [0.29, 0.717) is 11.2 Å². The molecular formula is C6H10BNOS. The summed E-state index contributed by atoms with van der Waals surface area (Å²) in [6.07, 6.45) is 0. The summed E-state index contributed by atoms with van der Waals surface area (Å²) in [5, 5.41) is 0.421. The van der Waals surface area contributed by atoms with Crippen LogP contribution in [0.2, 0.25) is 0 Å². The molecule has 0 amide bonds. The van der Waals surface area contributed by atoms with E-state index in [0.717, 1.165) is 5.75 Å². The third-order valence-corrected chi connectivity index (χ3v) is 4.12. The van der Waals surface area contributed by atoms with Gasteiger partial charge in [-0.3, -0.25) is 0 Å². The molecule has 0 aromatic carbocycles. The van der Waals surface area contributed by atoms with Gasteiger partial charge in [-0.05, 0) is 0 Å². The Hall–Kier alpha value is 0.335. The minimum Gasteiger partial charge on any atom is -0.365 e. The topological polar surface area (TPSA) is 35.2 Å². The highest BCUT2D eigenvalue weighted by Crippen LogP contribution is 2.47. The van der Waals surface area contributed by atoms with Crippen LogP contribution in [-0.2, 0) is 4.74 Å². The molecule has 4 atom stereocenters. The molecule has 54 valence electrons. The van der Waals surface area contributed by atoms with Crippen LogP contribution >= 0.6 is 11.8 Å². The van der Waals surface area contributed by atoms with Crippen molar-refractivity contribution in [3.63, 3.8) is 0 Å². The van der Waals surface area contributed by atoms with Gasteiger partial charge in [0.15, 0.2) is 0 Å². The molecule has 2 aliphatic rings. The molecule has 0 aliphatic carbocycles. The summed E-state index contributed by atoms with van der Waals surface area (Å²) in [6.45, 7) is 2.11. The van der Waals surface area contributed by atoms with Gasteiger partial charge in [0, 0.05) is 22.9 Å². The normalized spacial score (nSPS) is 59.6. The minimum absolute atomic E-state index is 0.140. The predicted octanol–water partition coefficient (Wildman–Crippen LogP) is -0.0823. The largest absolute Gasteiger partial charge is 0.365 e. The highest BCUT2D eigenvalue weighted by molar-refractivity contribution is 8.00. The second kappa shape index (κ2) is 1.93. The minimum atomic E-state index is -0.422. The van der Waals surface area contributed by atoms with Crippen molar-refractivity contribution in [3.8, 4) is 0 Å². The Morgan fingerprint density at radius 2 is 2.50 bits per heavy atom. The summed E-state index contributed by atoms with van der Waals surface area (Å²) in [7, 11) is 5.67. The molecule has 2 nitrogen and oxygen atoms in total. The molecule has 2 saturated heterocycles. The molecule has 2 rings (SSSR count). The zero-order valence-corrected chi connectivity index (χ0v) is 6.73. The molecule has 4 heteroatoms. The van der Waals surface area contributed by atoms with Gasteiger partial charge in [-0.2, -0.15) is 11.8 Å². The molecule has 10 heavy (non-hydrogen) atoms. The number of nitrogens with two attached hydrogens (primary N) is 1. The van der Waals surface area contributed by atoms with Crippen molar-refractivity contribution >= 4 is 19.6 Å². The average molecular weight is 155 g/mol.